The Balaban J connectivity index is 2.21. The van der Waals surface area contributed by atoms with Crippen LogP contribution in [0, 0.1) is 0 Å². The van der Waals surface area contributed by atoms with Crippen molar-refractivity contribution in [2.24, 2.45) is 0 Å². The molecule has 1 aliphatic heterocycles. The van der Waals surface area contributed by atoms with Crippen LogP contribution in [0.1, 0.15) is 43.0 Å². The van der Waals surface area contributed by atoms with Crippen molar-refractivity contribution in [3.63, 3.8) is 0 Å². The maximum Gasteiger partial charge on any atom is 0.256 e. The van der Waals surface area contributed by atoms with Crippen LogP contribution >= 0.6 is 15.9 Å². The van der Waals surface area contributed by atoms with E-state index in [1.807, 2.05) is 11.0 Å². The van der Waals surface area contributed by atoms with Gasteiger partial charge < -0.3 is 4.90 Å². The minimum Gasteiger partial charge on any atom is -0.336 e. The standard InChI is InChI=1S/C13H17BrN2O/c1-10-6-3-2-4-9-16(10)13(17)11-7-5-8-15-12(11)14/h5,7-8,10H,2-4,6,9H2,1H3. The van der Waals surface area contributed by atoms with Gasteiger partial charge in [0, 0.05) is 18.8 Å². The van der Waals surface area contributed by atoms with Crippen LogP contribution in [0.2, 0.25) is 0 Å². The number of carbonyl (C=O) groups excluding carboxylic acids is 1. The van der Waals surface area contributed by atoms with E-state index in [9.17, 15) is 4.79 Å². The summed E-state index contributed by atoms with van der Waals surface area (Å²) in [5, 5.41) is 0. The lowest BCUT2D eigenvalue weighted by Gasteiger charge is -2.27. The summed E-state index contributed by atoms with van der Waals surface area (Å²) in [6.07, 6.45) is 6.34. The van der Waals surface area contributed by atoms with Gasteiger partial charge in [-0.2, -0.15) is 0 Å². The van der Waals surface area contributed by atoms with Crippen molar-refractivity contribution in [2.75, 3.05) is 6.54 Å². The topological polar surface area (TPSA) is 33.2 Å². The van der Waals surface area contributed by atoms with E-state index in [0.29, 0.717) is 16.2 Å². The summed E-state index contributed by atoms with van der Waals surface area (Å²) in [6, 6.07) is 3.97. The van der Waals surface area contributed by atoms with E-state index in [4.69, 9.17) is 0 Å². The van der Waals surface area contributed by atoms with E-state index < -0.39 is 0 Å². The van der Waals surface area contributed by atoms with Gasteiger partial charge in [-0.1, -0.05) is 12.8 Å². The van der Waals surface area contributed by atoms with Crippen LogP contribution in [-0.4, -0.2) is 28.4 Å². The fraction of sp³-hybridized carbons (Fsp3) is 0.538. The van der Waals surface area contributed by atoms with Gasteiger partial charge in [-0.05, 0) is 47.8 Å². The summed E-state index contributed by atoms with van der Waals surface area (Å²) < 4.78 is 0.640. The number of carbonyl (C=O) groups is 1. The molecule has 0 N–H and O–H groups in total. The lowest BCUT2D eigenvalue weighted by atomic mass is 10.1. The molecule has 1 aromatic heterocycles. The highest BCUT2D eigenvalue weighted by Crippen LogP contribution is 2.21. The molecule has 2 rings (SSSR count). The van der Waals surface area contributed by atoms with E-state index >= 15 is 0 Å². The molecule has 0 aliphatic carbocycles. The smallest absolute Gasteiger partial charge is 0.256 e. The number of nitrogens with zero attached hydrogens (tertiary/aromatic N) is 2. The van der Waals surface area contributed by atoms with Gasteiger partial charge in [-0.3, -0.25) is 4.79 Å². The van der Waals surface area contributed by atoms with Crippen LogP contribution in [0.4, 0.5) is 0 Å². The zero-order chi connectivity index (χ0) is 12.3. The molecule has 0 bridgehead atoms. The first-order valence-corrected chi connectivity index (χ1v) is 6.91. The van der Waals surface area contributed by atoms with Gasteiger partial charge in [-0.25, -0.2) is 4.98 Å². The number of hydrogen-bond donors (Lipinski definition) is 0. The van der Waals surface area contributed by atoms with Gasteiger partial charge in [-0.15, -0.1) is 0 Å². The number of pyridine rings is 1. The number of rotatable bonds is 1. The molecule has 3 nitrogen and oxygen atoms in total. The summed E-state index contributed by atoms with van der Waals surface area (Å²) in [5.74, 6) is 0.0966. The van der Waals surface area contributed by atoms with Crippen molar-refractivity contribution in [3.05, 3.63) is 28.5 Å². The number of halogens is 1. The second-order valence-electron chi connectivity index (χ2n) is 4.54. The molecule has 1 saturated heterocycles. The molecular formula is C13H17BrN2O. The molecule has 1 aliphatic rings. The van der Waals surface area contributed by atoms with Crippen LogP contribution < -0.4 is 0 Å². The van der Waals surface area contributed by atoms with E-state index in [-0.39, 0.29) is 5.91 Å². The number of amides is 1. The third-order valence-corrected chi connectivity index (χ3v) is 3.94. The van der Waals surface area contributed by atoms with E-state index in [1.54, 1.807) is 12.3 Å². The molecule has 1 unspecified atom stereocenters. The molecule has 0 aromatic carbocycles. The predicted molar refractivity (Wildman–Crippen MR) is 70.9 cm³/mol. The molecule has 1 amide bonds. The minimum atomic E-state index is 0.0966. The second-order valence-corrected chi connectivity index (χ2v) is 5.29. The zero-order valence-electron chi connectivity index (χ0n) is 10.0. The van der Waals surface area contributed by atoms with Crippen molar-refractivity contribution >= 4 is 21.8 Å². The molecule has 4 heteroatoms. The summed E-state index contributed by atoms with van der Waals surface area (Å²) >= 11 is 3.34. The molecule has 92 valence electrons. The Morgan fingerprint density at radius 2 is 2.29 bits per heavy atom. The van der Waals surface area contributed by atoms with E-state index in [2.05, 4.69) is 27.8 Å². The molecule has 0 spiro atoms. The minimum absolute atomic E-state index is 0.0966. The normalized spacial score (nSPS) is 21.1. The fourth-order valence-electron chi connectivity index (χ4n) is 2.28. The molecular weight excluding hydrogens is 280 g/mol. The van der Waals surface area contributed by atoms with Crippen molar-refractivity contribution < 1.29 is 4.79 Å². The highest BCUT2D eigenvalue weighted by molar-refractivity contribution is 9.10. The SMILES string of the molecule is CC1CCCCCN1C(=O)c1cccnc1Br. The van der Waals surface area contributed by atoms with Crippen molar-refractivity contribution in [2.45, 2.75) is 38.6 Å². The van der Waals surface area contributed by atoms with Crippen molar-refractivity contribution in [3.8, 4) is 0 Å². The molecule has 17 heavy (non-hydrogen) atoms. The maximum atomic E-state index is 12.4. The number of likely N-dealkylation sites (tertiary alicyclic amines) is 1. The van der Waals surface area contributed by atoms with Crippen LogP contribution in [-0.2, 0) is 0 Å². The zero-order valence-corrected chi connectivity index (χ0v) is 11.6. The summed E-state index contributed by atoms with van der Waals surface area (Å²) in [6.45, 7) is 2.99. The first-order valence-electron chi connectivity index (χ1n) is 6.11. The maximum absolute atomic E-state index is 12.4. The van der Waals surface area contributed by atoms with E-state index in [1.165, 1.54) is 12.8 Å². The molecule has 1 atom stereocenters. The van der Waals surface area contributed by atoms with Crippen LogP contribution in [0.5, 0.6) is 0 Å². The van der Waals surface area contributed by atoms with Crippen molar-refractivity contribution in [1.29, 1.82) is 0 Å². The van der Waals surface area contributed by atoms with Crippen LogP contribution in [0.25, 0.3) is 0 Å². The van der Waals surface area contributed by atoms with Gasteiger partial charge in [0.25, 0.3) is 5.91 Å². The fourth-order valence-corrected chi connectivity index (χ4v) is 2.70. The summed E-state index contributed by atoms with van der Waals surface area (Å²) in [7, 11) is 0. The Labute approximate surface area is 110 Å². The average Bonchev–Trinajstić information content (AvgIpc) is 2.54. The van der Waals surface area contributed by atoms with Gasteiger partial charge in [0.05, 0.1) is 5.56 Å². The molecule has 2 heterocycles. The van der Waals surface area contributed by atoms with Gasteiger partial charge in [0.15, 0.2) is 0 Å². The first kappa shape index (κ1) is 12.6. The Morgan fingerprint density at radius 3 is 3.06 bits per heavy atom. The Bertz CT molecular complexity index is 408. The van der Waals surface area contributed by atoms with Gasteiger partial charge >= 0.3 is 0 Å². The largest absolute Gasteiger partial charge is 0.336 e. The Morgan fingerprint density at radius 1 is 1.47 bits per heavy atom. The Kier molecular flexibility index (Phi) is 4.15. The second kappa shape index (κ2) is 5.63. The monoisotopic (exact) mass is 296 g/mol. The third-order valence-electron chi connectivity index (χ3n) is 3.30. The van der Waals surface area contributed by atoms with Crippen LogP contribution in [0.3, 0.4) is 0 Å². The summed E-state index contributed by atoms with van der Waals surface area (Å²) in [5.41, 5.74) is 0.668. The van der Waals surface area contributed by atoms with Crippen molar-refractivity contribution in [1.82, 2.24) is 9.88 Å². The quantitative estimate of drug-likeness (QED) is 0.746. The highest BCUT2D eigenvalue weighted by atomic mass is 79.9. The van der Waals surface area contributed by atoms with Crippen LogP contribution in [0.15, 0.2) is 22.9 Å². The molecule has 0 radical (unpaired) electrons. The van der Waals surface area contributed by atoms with Gasteiger partial charge in [0.1, 0.15) is 4.60 Å². The number of hydrogen-bond acceptors (Lipinski definition) is 2. The predicted octanol–water partition coefficient (Wildman–Crippen LogP) is 3.25. The first-order chi connectivity index (χ1) is 8.20. The molecule has 1 fully saturated rings. The van der Waals surface area contributed by atoms with Gasteiger partial charge in [0.2, 0.25) is 0 Å². The third kappa shape index (κ3) is 2.86. The highest BCUT2D eigenvalue weighted by Gasteiger charge is 2.24. The average molecular weight is 297 g/mol. The lowest BCUT2D eigenvalue weighted by Crippen LogP contribution is -2.38. The van der Waals surface area contributed by atoms with E-state index in [0.717, 1.165) is 19.4 Å². The molecule has 1 aromatic rings. The molecule has 0 saturated carbocycles. The lowest BCUT2D eigenvalue weighted by molar-refractivity contribution is 0.0696. The summed E-state index contributed by atoms with van der Waals surface area (Å²) in [4.78, 5) is 18.5. The number of aromatic nitrogens is 1. The Hall–Kier alpha value is -0.900.